The highest BCUT2D eigenvalue weighted by Crippen LogP contribution is 2.26. The molecule has 0 aromatic rings. The highest BCUT2D eigenvalue weighted by Gasteiger charge is 2.45. The van der Waals surface area contributed by atoms with Crippen LogP contribution >= 0.6 is 12.6 Å². The molecule has 2 aliphatic heterocycles. The minimum atomic E-state index is -0.925. The van der Waals surface area contributed by atoms with E-state index >= 15 is 0 Å². The topological polar surface area (TPSA) is 179 Å². The number of aliphatic imine (C=N–C) groups is 1. The fraction of sp³-hybridized carbons (Fsp3) is 0.500. The number of cyclic esters (lactones) is 1. The summed E-state index contributed by atoms with van der Waals surface area (Å²) < 4.78 is 4.91. The summed E-state index contributed by atoms with van der Waals surface area (Å²) in [7, 11) is 0. The monoisotopic (exact) mass is 425 g/mol. The third-order valence-corrected chi connectivity index (χ3v) is 4.49. The van der Waals surface area contributed by atoms with Crippen molar-refractivity contribution < 1.29 is 23.9 Å². The average molecular weight is 425 g/mol. The second kappa shape index (κ2) is 8.61. The van der Waals surface area contributed by atoms with E-state index < -0.39 is 53.4 Å². The van der Waals surface area contributed by atoms with Gasteiger partial charge in [0, 0.05) is 6.54 Å². The van der Waals surface area contributed by atoms with Gasteiger partial charge in [-0.15, -0.1) is 12.6 Å². The van der Waals surface area contributed by atoms with Gasteiger partial charge in [0.1, 0.15) is 23.8 Å². The van der Waals surface area contributed by atoms with Crippen LogP contribution in [-0.4, -0.2) is 71.2 Å². The van der Waals surface area contributed by atoms with Gasteiger partial charge < -0.3 is 26.4 Å². The zero-order chi connectivity index (χ0) is 21.9. The number of nitrogens with two attached hydrogens (primary N) is 1. The molecule has 3 atom stereocenters. The number of carbonyl (C=O) groups excluding carboxylic acids is 4. The highest BCUT2D eigenvalue weighted by molar-refractivity contribution is 7.83. The SMILES string of the molecule is C[C@@H](N)C(=O)NC[C@H]1NC(=O)[C@H]1NC(=O)C(=N)C(=C/S)/N=C/N1C(=O)OC1(C)C. The van der Waals surface area contributed by atoms with E-state index in [4.69, 9.17) is 15.9 Å². The molecule has 6 N–H and O–H groups in total. The van der Waals surface area contributed by atoms with E-state index in [9.17, 15) is 19.2 Å². The van der Waals surface area contributed by atoms with Gasteiger partial charge in [0.15, 0.2) is 5.72 Å². The predicted molar refractivity (Wildman–Crippen MR) is 106 cm³/mol. The smallest absolute Gasteiger partial charge is 0.420 e. The van der Waals surface area contributed by atoms with Crippen LogP contribution in [0.2, 0.25) is 0 Å². The van der Waals surface area contributed by atoms with Crippen molar-refractivity contribution in [3.05, 3.63) is 11.1 Å². The second-order valence-corrected chi connectivity index (χ2v) is 7.18. The van der Waals surface area contributed by atoms with Crippen molar-refractivity contribution in [3.63, 3.8) is 0 Å². The van der Waals surface area contributed by atoms with E-state index in [2.05, 4.69) is 33.6 Å². The van der Waals surface area contributed by atoms with Crippen LogP contribution in [0.5, 0.6) is 0 Å². The molecular weight excluding hydrogens is 402 g/mol. The molecular formula is C16H23N7O5S. The molecule has 4 amide bonds. The lowest BCUT2D eigenvalue weighted by atomic mass is 9.98. The molecule has 0 spiro atoms. The Bertz CT molecular complexity index is 807. The van der Waals surface area contributed by atoms with E-state index in [-0.39, 0.29) is 12.2 Å². The Morgan fingerprint density at radius 2 is 2.14 bits per heavy atom. The van der Waals surface area contributed by atoms with E-state index in [1.165, 1.54) is 11.8 Å². The Balaban J connectivity index is 1.94. The van der Waals surface area contributed by atoms with Gasteiger partial charge in [-0.1, -0.05) is 0 Å². The summed E-state index contributed by atoms with van der Waals surface area (Å²) in [4.78, 5) is 52.1. The van der Waals surface area contributed by atoms with Crippen LogP contribution in [0.25, 0.3) is 0 Å². The molecule has 29 heavy (non-hydrogen) atoms. The van der Waals surface area contributed by atoms with Gasteiger partial charge in [-0.05, 0) is 26.2 Å². The van der Waals surface area contributed by atoms with E-state index in [1.54, 1.807) is 13.8 Å². The first kappa shape index (κ1) is 22.4. The summed E-state index contributed by atoms with van der Waals surface area (Å²) in [6, 6.07) is -2.17. The first-order chi connectivity index (χ1) is 13.5. The van der Waals surface area contributed by atoms with Gasteiger partial charge in [-0.25, -0.2) is 14.7 Å². The van der Waals surface area contributed by atoms with Gasteiger partial charge in [0.05, 0.1) is 12.1 Å². The normalized spacial score (nSPS) is 24.0. The van der Waals surface area contributed by atoms with Gasteiger partial charge >= 0.3 is 6.09 Å². The number of rotatable bonds is 8. The number of ether oxygens (including phenoxy) is 1. The lowest BCUT2D eigenvalue weighted by Gasteiger charge is -2.43. The maximum Gasteiger partial charge on any atom is 0.420 e. The van der Waals surface area contributed by atoms with Crippen molar-refractivity contribution in [1.82, 2.24) is 20.9 Å². The van der Waals surface area contributed by atoms with Crippen LogP contribution in [0, 0.1) is 5.41 Å². The molecule has 0 saturated carbocycles. The molecule has 2 aliphatic rings. The van der Waals surface area contributed by atoms with Gasteiger partial charge in [-0.2, -0.15) is 0 Å². The zero-order valence-electron chi connectivity index (χ0n) is 16.1. The van der Waals surface area contributed by atoms with Gasteiger partial charge in [0.2, 0.25) is 11.8 Å². The lowest BCUT2D eigenvalue weighted by Crippen LogP contribution is -2.72. The second-order valence-electron chi connectivity index (χ2n) is 6.92. The first-order valence-corrected chi connectivity index (χ1v) is 9.14. The lowest BCUT2D eigenvalue weighted by molar-refractivity contribution is -0.135. The van der Waals surface area contributed by atoms with Crippen LogP contribution in [0.15, 0.2) is 16.1 Å². The molecule has 0 bridgehead atoms. The Hall–Kier alpha value is -2.93. The third-order valence-electron chi connectivity index (χ3n) is 4.24. The van der Waals surface area contributed by atoms with Gasteiger partial charge in [-0.3, -0.25) is 19.8 Å². The van der Waals surface area contributed by atoms with Gasteiger partial charge in [0.25, 0.3) is 5.91 Å². The average Bonchev–Trinajstić information content (AvgIpc) is 2.64. The summed E-state index contributed by atoms with van der Waals surface area (Å²) in [6.07, 6.45) is 0.522. The maximum absolute atomic E-state index is 12.3. The minimum absolute atomic E-state index is 0.0734. The van der Waals surface area contributed by atoms with E-state index in [1.807, 2.05) is 0 Å². The number of amides is 4. The molecule has 0 aromatic carbocycles. The molecule has 0 radical (unpaired) electrons. The molecule has 2 heterocycles. The highest BCUT2D eigenvalue weighted by atomic mass is 32.1. The number of nitrogens with zero attached hydrogens (tertiary/aromatic N) is 2. The van der Waals surface area contributed by atoms with Crippen molar-refractivity contribution in [2.24, 2.45) is 10.7 Å². The van der Waals surface area contributed by atoms with E-state index in [0.717, 1.165) is 11.7 Å². The van der Waals surface area contributed by atoms with Crippen LogP contribution in [-0.2, 0) is 19.1 Å². The number of hydrogen-bond acceptors (Lipinski definition) is 9. The largest absolute Gasteiger partial charge is 0.422 e. The van der Waals surface area contributed by atoms with Crippen LogP contribution in [0.3, 0.4) is 0 Å². The molecule has 2 fully saturated rings. The van der Waals surface area contributed by atoms with Crippen molar-refractivity contribution in [2.75, 3.05) is 6.54 Å². The Labute approximate surface area is 172 Å². The molecule has 158 valence electrons. The fourth-order valence-corrected chi connectivity index (χ4v) is 2.64. The minimum Gasteiger partial charge on any atom is -0.422 e. The summed E-state index contributed by atoms with van der Waals surface area (Å²) >= 11 is 3.93. The standard InChI is InChI=1S/C16H23N7O5S/c1-7(17)12(24)19-4-8-11(14(26)21-8)22-13(25)10(18)9(5-29)20-6-23-15(27)28-16(23,2)3/h5-8,11,18,29H,4,17H2,1-3H3,(H,19,24)(H,21,26)(H,22,25)/b9-5-,18-10?,20-6+/t7-,8-,11+/m1/s1. The number of carbonyl (C=O) groups is 4. The Morgan fingerprint density at radius 3 is 2.62 bits per heavy atom. The van der Waals surface area contributed by atoms with Crippen molar-refractivity contribution in [3.8, 4) is 0 Å². The molecule has 12 nitrogen and oxygen atoms in total. The summed E-state index contributed by atoms with van der Waals surface area (Å²) in [5.74, 6) is -1.71. The fourth-order valence-electron chi connectivity index (χ4n) is 2.44. The van der Waals surface area contributed by atoms with Crippen LogP contribution in [0.4, 0.5) is 4.79 Å². The van der Waals surface area contributed by atoms with Crippen LogP contribution in [0.1, 0.15) is 20.8 Å². The van der Waals surface area contributed by atoms with Crippen molar-refractivity contribution in [1.29, 1.82) is 5.41 Å². The number of hydrogen-bond donors (Lipinski definition) is 6. The molecule has 13 heteroatoms. The number of nitrogens with one attached hydrogen (secondary N) is 4. The first-order valence-electron chi connectivity index (χ1n) is 8.62. The van der Waals surface area contributed by atoms with Crippen molar-refractivity contribution >= 4 is 48.5 Å². The van der Waals surface area contributed by atoms with E-state index in [0.29, 0.717) is 0 Å². The van der Waals surface area contributed by atoms with Crippen LogP contribution < -0.4 is 21.7 Å². The molecule has 2 rings (SSSR count). The number of thiol groups is 1. The summed E-state index contributed by atoms with van der Waals surface area (Å²) in [5.41, 5.74) is 3.89. The summed E-state index contributed by atoms with van der Waals surface area (Å²) in [5, 5.41) is 16.6. The quantitative estimate of drug-likeness (QED) is 0.118. The third kappa shape index (κ3) is 4.92. The molecule has 0 unspecified atom stereocenters. The zero-order valence-corrected chi connectivity index (χ0v) is 16.9. The molecule has 0 aliphatic carbocycles. The van der Waals surface area contributed by atoms with Crippen molar-refractivity contribution in [2.45, 2.75) is 44.6 Å². The maximum atomic E-state index is 12.3. The Morgan fingerprint density at radius 1 is 1.48 bits per heavy atom. The predicted octanol–water partition coefficient (Wildman–Crippen LogP) is -1.56. The summed E-state index contributed by atoms with van der Waals surface area (Å²) in [6.45, 7) is 4.87. The Kier molecular flexibility index (Phi) is 6.64. The number of β-lactam (4-membered cyclic amide) rings is 1. The molecule has 2 saturated heterocycles. The molecule has 0 aromatic heterocycles.